The van der Waals surface area contributed by atoms with Gasteiger partial charge < -0.3 is 5.32 Å². The lowest BCUT2D eigenvalue weighted by atomic mass is 10.1. The number of para-hydroxylation sites is 1. The molecule has 1 fully saturated rings. The van der Waals surface area contributed by atoms with Gasteiger partial charge in [0, 0.05) is 0 Å². The highest BCUT2D eigenvalue weighted by atomic mass is 16.2. The van der Waals surface area contributed by atoms with E-state index < -0.39 is 0 Å². The summed E-state index contributed by atoms with van der Waals surface area (Å²) in [4.78, 5) is 12.1. The molecule has 0 aromatic heterocycles. The number of nitrogens with one attached hydrogen (secondary N) is 2. The van der Waals surface area contributed by atoms with Crippen molar-refractivity contribution in [1.82, 2.24) is 10.7 Å². The molecule has 1 aromatic carbocycles. The number of hydrazine groups is 1. The fraction of sp³-hybridized carbons (Fsp3) is 0.500. The molecule has 1 heterocycles. The van der Waals surface area contributed by atoms with E-state index in [0.717, 1.165) is 30.5 Å². The van der Waals surface area contributed by atoms with Crippen LogP contribution in [0.25, 0.3) is 0 Å². The van der Waals surface area contributed by atoms with Crippen molar-refractivity contribution in [3.05, 3.63) is 29.8 Å². The van der Waals surface area contributed by atoms with E-state index in [1.165, 1.54) is 0 Å². The van der Waals surface area contributed by atoms with Crippen LogP contribution < -0.4 is 15.8 Å². The van der Waals surface area contributed by atoms with E-state index in [0.29, 0.717) is 0 Å². The lowest BCUT2D eigenvalue weighted by Crippen LogP contribution is -2.48. The van der Waals surface area contributed by atoms with Gasteiger partial charge in [-0.3, -0.25) is 0 Å². The summed E-state index contributed by atoms with van der Waals surface area (Å²) in [7, 11) is 0. The molecule has 2 N–H and O–H groups in total. The number of carbonyl (C=O) groups excluding carboxylic acids is 1. The Balaban J connectivity index is 2.17. The van der Waals surface area contributed by atoms with Gasteiger partial charge in [-0.2, -0.15) is 0 Å². The van der Waals surface area contributed by atoms with Gasteiger partial charge in [0.05, 0.1) is 5.69 Å². The van der Waals surface area contributed by atoms with Crippen molar-refractivity contribution < 1.29 is 4.79 Å². The van der Waals surface area contributed by atoms with Crippen molar-refractivity contribution in [2.24, 2.45) is 0 Å². The molecule has 0 spiro atoms. The molecule has 18 heavy (non-hydrogen) atoms. The number of carbonyl (C=O) groups is 1. The summed E-state index contributed by atoms with van der Waals surface area (Å²) in [5, 5.41) is 4.63. The second-order valence-electron chi connectivity index (χ2n) is 5.10. The highest BCUT2D eigenvalue weighted by Gasteiger charge is 2.38. The maximum atomic E-state index is 12.1. The molecule has 1 aromatic rings. The van der Waals surface area contributed by atoms with Gasteiger partial charge in [-0.25, -0.2) is 15.2 Å². The standard InChI is InChI=1S/C14H21N3O/c1-4-5-10-14(3)15-13(18)17(16-14)12-9-7-6-8-11(12)2/h6-9,16H,4-5,10H2,1-3H3,(H,15,18)/t14-/m0/s1. The second kappa shape index (κ2) is 4.98. The zero-order chi connectivity index (χ0) is 13.2. The van der Waals surface area contributed by atoms with Gasteiger partial charge in [-0.15, -0.1) is 0 Å². The topological polar surface area (TPSA) is 44.4 Å². The molecule has 1 saturated heterocycles. The molecule has 0 aliphatic carbocycles. The number of nitrogens with zero attached hydrogens (tertiary/aromatic N) is 1. The van der Waals surface area contributed by atoms with E-state index in [-0.39, 0.29) is 11.7 Å². The maximum Gasteiger partial charge on any atom is 0.338 e. The number of anilines is 1. The van der Waals surface area contributed by atoms with Crippen molar-refractivity contribution >= 4 is 11.7 Å². The molecular formula is C14H21N3O. The minimum atomic E-state index is -0.338. The molecule has 0 bridgehead atoms. The fourth-order valence-electron chi connectivity index (χ4n) is 2.25. The zero-order valence-electron chi connectivity index (χ0n) is 11.3. The lowest BCUT2D eigenvalue weighted by molar-refractivity contribution is 0.246. The summed E-state index contributed by atoms with van der Waals surface area (Å²) in [6.45, 7) is 6.18. The smallest absolute Gasteiger partial charge is 0.317 e. The first-order valence-electron chi connectivity index (χ1n) is 6.51. The van der Waals surface area contributed by atoms with Gasteiger partial charge >= 0.3 is 6.03 Å². The van der Waals surface area contributed by atoms with Gasteiger partial charge in [0.1, 0.15) is 5.66 Å². The number of benzene rings is 1. The van der Waals surface area contributed by atoms with Crippen LogP contribution in [0.3, 0.4) is 0 Å². The molecule has 1 aliphatic heterocycles. The van der Waals surface area contributed by atoms with Crippen LogP contribution in [0.2, 0.25) is 0 Å². The maximum absolute atomic E-state index is 12.1. The van der Waals surface area contributed by atoms with Gasteiger partial charge in [-0.1, -0.05) is 31.5 Å². The predicted octanol–water partition coefficient (Wildman–Crippen LogP) is 2.94. The molecule has 98 valence electrons. The molecule has 2 rings (SSSR count). The third-order valence-electron chi connectivity index (χ3n) is 3.33. The number of hydrogen-bond acceptors (Lipinski definition) is 2. The average Bonchev–Trinajstić information content (AvgIpc) is 2.64. The summed E-state index contributed by atoms with van der Waals surface area (Å²) in [5.74, 6) is 0. The van der Waals surface area contributed by atoms with Crippen LogP contribution in [0.4, 0.5) is 10.5 Å². The summed E-state index contributed by atoms with van der Waals surface area (Å²) in [5.41, 5.74) is 4.94. The summed E-state index contributed by atoms with van der Waals surface area (Å²) in [6.07, 6.45) is 3.14. The quantitative estimate of drug-likeness (QED) is 0.859. The molecular weight excluding hydrogens is 226 g/mol. The van der Waals surface area contributed by atoms with Crippen LogP contribution in [-0.2, 0) is 0 Å². The molecule has 0 saturated carbocycles. The molecule has 1 atom stereocenters. The normalized spacial score (nSPS) is 23.3. The first kappa shape index (κ1) is 12.9. The van der Waals surface area contributed by atoms with Gasteiger partial charge in [-0.05, 0) is 38.3 Å². The number of amides is 2. The zero-order valence-corrected chi connectivity index (χ0v) is 11.3. The third kappa shape index (κ3) is 2.48. The molecule has 0 radical (unpaired) electrons. The Labute approximate surface area is 108 Å². The molecule has 0 unspecified atom stereocenters. The van der Waals surface area contributed by atoms with Crippen LogP contribution in [0.15, 0.2) is 24.3 Å². The van der Waals surface area contributed by atoms with Crippen LogP contribution in [0, 0.1) is 6.92 Å². The summed E-state index contributed by atoms with van der Waals surface area (Å²) < 4.78 is 0. The van der Waals surface area contributed by atoms with Crippen molar-refractivity contribution in [1.29, 1.82) is 0 Å². The third-order valence-corrected chi connectivity index (χ3v) is 3.33. The van der Waals surface area contributed by atoms with E-state index in [1.54, 1.807) is 5.01 Å². The molecule has 1 aliphatic rings. The van der Waals surface area contributed by atoms with Crippen molar-refractivity contribution in [3.63, 3.8) is 0 Å². The first-order valence-corrected chi connectivity index (χ1v) is 6.51. The van der Waals surface area contributed by atoms with E-state index in [4.69, 9.17) is 0 Å². The van der Waals surface area contributed by atoms with E-state index in [9.17, 15) is 4.79 Å². The Morgan fingerprint density at radius 3 is 2.72 bits per heavy atom. The van der Waals surface area contributed by atoms with E-state index in [1.807, 2.05) is 38.1 Å². The SMILES string of the molecule is CCCC[C@@]1(C)NC(=O)N(c2ccccc2C)N1. The van der Waals surface area contributed by atoms with Crippen LogP contribution in [-0.4, -0.2) is 11.7 Å². The van der Waals surface area contributed by atoms with Crippen molar-refractivity contribution in [3.8, 4) is 0 Å². The van der Waals surface area contributed by atoms with Crippen LogP contribution in [0.5, 0.6) is 0 Å². The number of unbranched alkanes of at least 4 members (excludes halogenated alkanes) is 1. The first-order chi connectivity index (χ1) is 8.56. The highest BCUT2D eigenvalue weighted by Crippen LogP contribution is 2.24. The Kier molecular flexibility index (Phi) is 3.57. The number of hydrogen-bond donors (Lipinski definition) is 2. The van der Waals surface area contributed by atoms with Crippen LogP contribution >= 0.6 is 0 Å². The Morgan fingerprint density at radius 1 is 1.33 bits per heavy atom. The predicted molar refractivity (Wildman–Crippen MR) is 73.3 cm³/mol. The largest absolute Gasteiger partial charge is 0.338 e. The Morgan fingerprint density at radius 2 is 2.06 bits per heavy atom. The number of urea groups is 1. The minimum absolute atomic E-state index is 0.0806. The van der Waals surface area contributed by atoms with E-state index >= 15 is 0 Å². The van der Waals surface area contributed by atoms with Gasteiger partial charge in [0.25, 0.3) is 0 Å². The highest BCUT2D eigenvalue weighted by molar-refractivity contribution is 5.94. The number of aryl methyl sites for hydroxylation is 1. The molecule has 4 nitrogen and oxygen atoms in total. The molecule has 2 amide bonds. The summed E-state index contributed by atoms with van der Waals surface area (Å²) in [6, 6.07) is 7.80. The van der Waals surface area contributed by atoms with Gasteiger partial charge in [0.15, 0.2) is 0 Å². The Hall–Kier alpha value is -1.55. The van der Waals surface area contributed by atoms with E-state index in [2.05, 4.69) is 17.7 Å². The summed E-state index contributed by atoms with van der Waals surface area (Å²) >= 11 is 0. The average molecular weight is 247 g/mol. The minimum Gasteiger partial charge on any atom is -0.317 e. The lowest BCUT2D eigenvalue weighted by Gasteiger charge is -2.25. The number of rotatable bonds is 4. The monoisotopic (exact) mass is 247 g/mol. The molecule has 4 heteroatoms. The van der Waals surface area contributed by atoms with Gasteiger partial charge in [0.2, 0.25) is 0 Å². The fourth-order valence-corrected chi connectivity index (χ4v) is 2.25. The second-order valence-corrected chi connectivity index (χ2v) is 5.10. The van der Waals surface area contributed by atoms with Crippen molar-refractivity contribution in [2.45, 2.75) is 45.7 Å². The Bertz CT molecular complexity index is 446. The van der Waals surface area contributed by atoms with Crippen molar-refractivity contribution in [2.75, 3.05) is 5.01 Å². The van der Waals surface area contributed by atoms with Crippen LogP contribution in [0.1, 0.15) is 38.7 Å².